The van der Waals surface area contributed by atoms with E-state index >= 15 is 0 Å². The van der Waals surface area contributed by atoms with Gasteiger partial charge in [0.05, 0.1) is 6.04 Å². The minimum Gasteiger partial charge on any atom is -0.211 e. The van der Waals surface area contributed by atoms with Gasteiger partial charge < -0.3 is 0 Å². The number of nitrogens with zero attached hydrogens (tertiary/aromatic N) is 1. The van der Waals surface area contributed by atoms with Crippen LogP contribution in [0, 0.1) is 0 Å². The molecule has 74 valence electrons. The summed E-state index contributed by atoms with van der Waals surface area (Å²) in [5.41, 5.74) is 2.39. The van der Waals surface area contributed by atoms with Gasteiger partial charge in [0.1, 0.15) is 0 Å². The van der Waals surface area contributed by atoms with Crippen LogP contribution in [0.3, 0.4) is 0 Å². The molecule has 1 atom stereocenters. The smallest absolute Gasteiger partial charge is 0.211 e. The van der Waals surface area contributed by atoms with E-state index in [9.17, 15) is 4.79 Å². The normalized spacial score (nSPS) is 11.9. The summed E-state index contributed by atoms with van der Waals surface area (Å²) in [5, 5.41) is 0. The zero-order chi connectivity index (χ0) is 10.4. The van der Waals surface area contributed by atoms with Crippen molar-refractivity contribution in [2.45, 2.75) is 32.7 Å². The molecule has 1 aromatic rings. The quantitative estimate of drug-likeness (QED) is 0.528. The van der Waals surface area contributed by atoms with Crippen molar-refractivity contribution in [1.82, 2.24) is 0 Å². The van der Waals surface area contributed by atoms with Gasteiger partial charge in [-0.25, -0.2) is 4.79 Å². The first-order valence-corrected chi connectivity index (χ1v) is 4.93. The van der Waals surface area contributed by atoms with E-state index in [2.05, 4.69) is 24.0 Å². The van der Waals surface area contributed by atoms with Crippen LogP contribution in [0.4, 0.5) is 0 Å². The zero-order valence-corrected chi connectivity index (χ0v) is 8.66. The predicted octanol–water partition coefficient (Wildman–Crippen LogP) is 3.04. The zero-order valence-electron chi connectivity index (χ0n) is 8.66. The third kappa shape index (κ3) is 2.82. The van der Waals surface area contributed by atoms with Crippen LogP contribution in [0.15, 0.2) is 29.3 Å². The lowest BCUT2D eigenvalue weighted by Gasteiger charge is -2.06. The number of aliphatic imine (C=N–C) groups is 1. The summed E-state index contributed by atoms with van der Waals surface area (Å²) in [4.78, 5) is 13.8. The van der Waals surface area contributed by atoms with Gasteiger partial charge in [-0.3, -0.25) is 0 Å². The fourth-order valence-electron chi connectivity index (χ4n) is 1.45. The van der Waals surface area contributed by atoms with E-state index in [0.29, 0.717) is 0 Å². The van der Waals surface area contributed by atoms with Crippen molar-refractivity contribution < 1.29 is 4.79 Å². The Morgan fingerprint density at radius 2 is 2.29 bits per heavy atom. The Hall–Kier alpha value is -1.40. The van der Waals surface area contributed by atoms with E-state index < -0.39 is 0 Å². The molecule has 0 fully saturated rings. The Morgan fingerprint density at radius 3 is 2.93 bits per heavy atom. The van der Waals surface area contributed by atoms with Crippen LogP contribution in [-0.2, 0) is 11.2 Å². The second-order valence-electron chi connectivity index (χ2n) is 3.39. The van der Waals surface area contributed by atoms with E-state index in [1.54, 1.807) is 6.08 Å². The Balaban J connectivity index is 2.87. The molecule has 0 aliphatic rings. The number of aryl methyl sites for hydroxylation is 1. The molecule has 0 aliphatic carbocycles. The molecule has 0 aliphatic heterocycles. The minimum atomic E-state index is -0.0793. The van der Waals surface area contributed by atoms with E-state index in [-0.39, 0.29) is 6.04 Å². The molecule has 1 aromatic carbocycles. The Bertz CT molecular complexity index is 340. The number of hydrogen-bond donors (Lipinski definition) is 0. The molecular formula is C12H15NO. The standard InChI is InChI=1S/C12H15NO/c1-3-5-11-6-4-7-12(8-11)10(2)13-9-14/h4,6-8,10H,3,5H2,1-2H3. The van der Waals surface area contributed by atoms with Crippen molar-refractivity contribution in [2.24, 2.45) is 4.99 Å². The van der Waals surface area contributed by atoms with Gasteiger partial charge in [-0.15, -0.1) is 0 Å². The molecule has 1 unspecified atom stereocenters. The molecule has 2 nitrogen and oxygen atoms in total. The molecule has 0 bridgehead atoms. The molecule has 14 heavy (non-hydrogen) atoms. The third-order valence-electron chi connectivity index (χ3n) is 2.22. The molecule has 0 saturated carbocycles. The van der Waals surface area contributed by atoms with E-state index in [0.717, 1.165) is 18.4 Å². The van der Waals surface area contributed by atoms with Crippen LogP contribution in [0.2, 0.25) is 0 Å². The highest BCUT2D eigenvalue weighted by atomic mass is 16.1. The van der Waals surface area contributed by atoms with Crippen LogP contribution in [0.1, 0.15) is 37.4 Å². The first-order chi connectivity index (χ1) is 6.77. The van der Waals surface area contributed by atoms with Crippen molar-refractivity contribution in [1.29, 1.82) is 0 Å². The lowest BCUT2D eigenvalue weighted by Crippen LogP contribution is -1.91. The number of isocyanates is 1. The summed E-state index contributed by atoms with van der Waals surface area (Å²) >= 11 is 0. The second-order valence-corrected chi connectivity index (χ2v) is 3.39. The average Bonchev–Trinajstić information content (AvgIpc) is 2.19. The van der Waals surface area contributed by atoms with E-state index in [4.69, 9.17) is 0 Å². The fourth-order valence-corrected chi connectivity index (χ4v) is 1.45. The van der Waals surface area contributed by atoms with Gasteiger partial charge in [-0.2, -0.15) is 4.99 Å². The topological polar surface area (TPSA) is 29.4 Å². The highest BCUT2D eigenvalue weighted by molar-refractivity contribution is 5.36. The Morgan fingerprint density at radius 1 is 1.50 bits per heavy atom. The van der Waals surface area contributed by atoms with Crippen molar-refractivity contribution in [3.63, 3.8) is 0 Å². The van der Waals surface area contributed by atoms with E-state index in [1.165, 1.54) is 5.56 Å². The van der Waals surface area contributed by atoms with Gasteiger partial charge in [0.25, 0.3) is 0 Å². The maximum absolute atomic E-state index is 10.1. The maximum atomic E-state index is 10.1. The summed E-state index contributed by atoms with van der Waals surface area (Å²) in [5.74, 6) is 0. The van der Waals surface area contributed by atoms with Gasteiger partial charge >= 0.3 is 0 Å². The third-order valence-corrected chi connectivity index (χ3v) is 2.22. The molecule has 0 spiro atoms. The van der Waals surface area contributed by atoms with Gasteiger partial charge in [0.15, 0.2) is 0 Å². The number of rotatable bonds is 4. The van der Waals surface area contributed by atoms with Crippen LogP contribution in [-0.4, -0.2) is 6.08 Å². The van der Waals surface area contributed by atoms with Crippen molar-refractivity contribution in [2.75, 3.05) is 0 Å². The molecule has 0 aromatic heterocycles. The second kappa shape index (κ2) is 5.36. The molecule has 2 heteroatoms. The Kier molecular flexibility index (Phi) is 4.09. The summed E-state index contributed by atoms with van der Waals surface area (Å²) in [6.45, 7) is 4.05. The molecule has 0 amide bonds. The van der Waals surface area contributed by atoms with Gasteiger partial charge in [-0.1, -0.05) is 37.6 Å². The fraction of sp³-hybridized carbons (Fsp3) is 0.417. The minimum absolute atomic E-state index is 0.0793. The number of hydrogen-bond acceptors (Lipinski definition) is 2. The molecule has 1 rings (SSSR count). The summed E-state index contributed by atoms with van der Waals surface area (Å²) in [7, 11) is 0. The lowest BCUT2D eigenvalue weighted by molar-refractivity contribution is 0.559. The number of carbonyl (C=O) groups excluding carboxylic acids is 1. The largest absolute Gasteiger partial charge is 0.235 e. The van der Waals surface area contributed by atoms with Crippen LogP contribution in [0.25, 0.3) is 0 Å². The monoisotopic (exact) mass is 189 g/mol. The number of benzene rings is 1. The average molecular weight is 189 g/mol. The van der Waals surface area contributed by atoms with Crippen LogP contribution < -0.4 is 0 Å². The SMILES string of the molecule is CCCc1cccc(C(C)N=C=O)c1. The molecule has 0 radical (unpaired) electrons. The van der Waals surface area contributed by atoms with Gasteiger partial charge in [0.2, 0.25) is 6.08 Å². The summed E-state index contributed by atoms with van der Waals surface area (Å²) in [6, 6.07) is 8.13. The molecule has 0 heterocycles. The van der Waals surface area contributed by atoms with Crippen molar-refractivity contribution >= 4 is 6.08 Å². The maximum Gasteiger partial charge on any atom is 0.235 e. The molecule has 0 saturated heterocycles. The van der Waals surface area contributed by atoms with Crippen LogP contribution in [0.5, 0.6) is 0 Å². The summed E-state index contributed by atoms with van der Waals surface area (Å²) < 4.78 is 0. The van der Waals surface area contributed by atoms with Gasteiger partial charge in [0, 0.05) is 0 Å². The highest BCUT2D eigenvalue weighted by Gasteiger charge is 2.03. The first-order valence-electron chi connectivity index (χ1n) is 4.93. The first kappa shape index (κ1) is 10.7. The van der Waals surface area contributed by atoms with E-state index in [1.807, 2.05) is 19.1 Å². The molecular weight excluding hydrogens is 174 g/mol. The highest BCUT2D eigenvalue weighted by Crippen LogP contribution is 2.17. The molecule has 0 N–H and O–H groups in total. The lowest BCUT2D eigenvalue weighted by atomic mass is 10.0. The predicted molar refractivity (Wildman–Crippen MR) is 57.0 cm³/mol. The van der Waals surface area contributed by atoms with Gasteiger partial charge in [-0.05, 0) is 24.5 Å². The summed E-state index contributed by atoms with van der Waals surface area (Å²) in [6.07, 6.45) is 3.80. The Labute approximate surface area is 84.7 Å². The van der Waals surface area contributed by atoms with Crippen molar-refractivity contribution in [3.8, 4) is 0 Å². The van der Waals surface area contributed by atoms with Crippen molar-refractivity contribution in [3.05, 3.63) is 35.4 Å². The van der Waals surface area contributed by atoms with Crippen LogP contribution >= 0.6 is 0 Å².